The molecule has 0 atom stereocenters. The average Bonchev–Trinajstić information content (AvgIpc) is 2.39. The molecule has 0 amide bonds. The first kappa shape index (κ1) is 14.2. The first-order valence-electron chi connectivity index (χ1n) is 5.05. The maximum Gasteiger partial charge on any atom is 0.187 e. The van der Waals surface area contributed by atoms with Gasteiger partial charge < -0.3 is 14.9 Å². The van der Waals surface area contributed by atoms with E-state index in [1.54, 1.807) is 6.07 Å². The van der Waals surface area contributed by atoms with Gasteiger partial charge in [0.25, 0.3) is 0 Å². The van der Waals surface area contributed by atoms with Crippen LogP contribution in [0.1, 0.15) is 12.5 Å². The summed E-state index contributed by atoms with van der Waals surface area (Å²) in [5.74, 6) is -1.85. The normalized spacial score (nSPS) is 11.2. The second-order valence-corrected chi connectivity index (χ2v) is 3.53. The average molecular weight is 262 g/mol. The number of aromatic hydroxyl groups is 1. The summed E-state index contributed by atoms with van der Waals surface area (Å²) in [6, 6.07) is 3.78. The molecule has 98 valence electrons. The predicted octanol–water partition coefficient (Wildman–Crippen LogP) is 2.18. The molecule has 0 saturated carbocycles. The second kappa shape index (κ2) is 5.64. The number of hydrogen-bond donors (Lipinski definition) is 2. The third-order valence-electron chi connectivity index (χ3n) is 2.35. The van der Waals surface area contributed by atoms with Gasteiger partial charge in [0.05, 0.1) is 7.11 Å². The zero-order valence-electron chi connectivity index (χ0n) is 10.2. The molecule has 19 heavy (non-hydrogen) atoms. The third kappa shape index (κ3) is 2.69. The molecule has 0 fully saturated rings. The maximum absolute atomic E-state index is 11.2. The standard InChI is InChI=1S/C12H10N2O5/c1-6(15)8(5-13)11(16)7-3-9(14-18)12(17)10(4-7)19-2/h3-4,16-17H,1-2H3/b11-8-. The van der Waals surface area contributed by atoms with Gasteiger partial charge in [-0.25, -0.2) is 0 Å². The molecule has 7 heteroatoms. The van der Waals surface area contributed by atoms with Gasteiger partial charge in [-0.1, -0.05) is 0 Å². The van der Waals surface area contributed by atoms with Crippen LogP contribution in [-0.2, 0) is 4.79 Å². The summed E-state index contributed by atoms with van der Waals surface area (Å²) >= 11 is 0. The molecular formula is C12H10N2O5. The van der Waals surface area contributed by atoms with Crippen LogP contribution in [0, 0.1) is 16.2 Å². The van der Waals surface area contributed by atoms with Crippen LogP contribution >= 0.6 is 0 Å². The van der Waals surface area contributed by atoms with Crippen LogP contribution in [0.2, 0.25) is 0 Å². The largest absolute Gasteiger partial charge is 0.506 e. The predicted molar refractivity (Wildman–Crippen MR) is 66.0 cm³/mol. The molecule has 1 rings (SSSR count). The van der Waals surface area contributed by atoms with Crippen LogP contribution in [0.3, 0.4) is 0 Å². The number of methoxy groups -OCH3 is 1. The van der Waals surface area contributed by atoms with Crippen LogP contribution < -0.4 is 4.74 Å². The number of ether oxygens (including phenoxy) is 1. The highest BCUT2D eigenvalue weighted by Crippen LogP contribution is 2.39. The van der Waals surface area contributed by atoms with Crippen LogP contribution in [0.15, 0.2) is 22.9 Å². The van der Waals surface area contributed by atoms with E-state index in [9.17, 15) is 19.9 Å². The molecule has 0 heterocycles. The van der Waals surface area contributed by atoms with E-state index in [4.69, 9.17) is 10.00 Å². The Balaban J connectivity index is 3.57. The summed E-state index contributed by atoms with van der Waals surface area (Å²) < 4.78 is 4.80. The number of phenols is 1. The molecule has 0 bridgehead atoms. The molecule has 0 aliphatic carbocycles. The highest BCUT2D eigenvalue weighted by Gasteiger charge is 2.17. The minimum atomic E-state index is -0.632. The summed E-state index contributed by atoms with van der Waals surface area (Å²) in [6.07, 6.45) is 0. The van der Waals surface area contributed by atoms with Gasteiger partial charge in [0.15, 0.2) is 23.0 Å². The molecule has 0 aromatic heterocycles. The van der Waals surface area contributed by atoms with Gasteiger partial charge >= 0.3 is 0 Å². The molecule has 0 radical (unpaired) electrons. The Hall–Kier alpha value is -2.88. The fourth-order valence-electron chi connectivity index (χ4n) is 1.40. The summed E-state index contributed by atoms with van der Waals surface area (Å²) in [4.78, 5) is 21.7. The first-order chi connectivity index (χ1) is 8.96. The number of phenolic OH excluding ortho intramolecular Hbond substituents is 1. The SMILES string of the molecule is COc1cc(/C(O)=C(\C#N)C(C)=O)cc(N=O)c1O. The lowest BCUT2D eigenvalue weighted by atomic mass is 10.1. The van der Waals surface area contributed by atoms with Crippen LogP contribution in [0.4, 0.5) is 5.69 Å². The smallest absolute Gasteiger partial charge is 0.187 e. The van der Waals surface area contributed by atoms with Crippen LogP contribution in [0.25, 0.3) is 5.76 Å². The number of nitroso groups, excluding NO2 is 1. The molecule has 0 unspecified atom stereocenters. The molecule has 2 N–H and O–H groups in total. The third-order valence-corrected chi connectivity index (χ3v) is 2.35. The highest BCUT2D eigenvalue weighted by atomic mass is 16.5. The topological polar surface area (TPSA) is 120 Å². The number of carbonyl (C=O) groups is 1. The van der Waals surface area contributed by atoms with Gasteiger partial charge in [-0.2, -0.15) is 5.26 Å². The Labute approximate surface area is 108 Å². The molecule has 0 saturated heterocycles. The number of aliphatic hydroxyl groups is 1. The van der Waals surface area contributed by atoms with E-state index in [1.807, 2.05) is 0 Å². The van der Waals surface area contributed by atoms with Crippen molar-refractivity contribution in [2.24, 2.45) is 5.18 Å². The Morgan fingerprint density at radius 2 is 2.11 bits per heavy atom. The zero-order valence-corrected chi connectivity index (χ0v) is 10.2. The van der Waals surface area contributed by atoms with Crippen molar-refractivity contribution in [3.63, 3.8) is 0 Å². The monoisotopic (exact) mass is 262 g/mol. The van der Waals surface area contributed by atoms with E-state index in [-0.39, 0.29) is 17.0 Å². The molecule has 1 aromatic carbocycles. The van der Waals surface area contributed by atoms with E-state index < -0.39 is 22.9 Å². The molecule has 0 aliphatic rings. The van der Waals surface area contributed by atoms with E-state index in [0.717, 1.165) is 13.0 Å². The lowest BCUT2D eigenvalue weighted by Gasteiger charge is -2.08. The van der Waals surface area contributed by atoms with Crippen molar-refractivity contribution >= 4 is 17.2 Å². The Bertz CT molecular complexity index is 613. The van der Waals surface area contributed by atoms with Crippen molar-refractivity contribution in [1.82, 2.24) is 0 Å². The molecule has 0 spiro atoms. The van der Waals surface area contributed by atoms with Gasteiger partial charge in [-0.15, -0.1) is 4.91 Å². The first-order valence-corrected chi connectivity index (χ1v) is 5.05. The highest BCUT2D eigenvalue weighted by molar-refractivity contribution is 6.03. The quantitative estimate of drug-likeness (QED) is 0.371. The van der Waals surface area contributed by atoms with Gasteiger partial charge in [-0.3, -0.25) is 4.79 Å². The summed E-state index contributed by atoms with van der Waals surface area (Å²) in [7, 11) is 1.24. The van der Waals surface area contributed by atoms with E-state index in [2.05, 4.69) is 5.18 Å². The van der Waals surface area contributed by atoms with Crippen LogP contribution in [-0.4, -0.2) is 23.1 Å². The minimum absolute atomic E-state index is 0.0315. The number of rotatable bonds is 4. The van der Waals surface area contributed by atoms with Crippen molar-refractivity contribution in [2.45, 2.75) is 6.92 Å². The fourth-order valence-corrected chi connectivity index (χ4v) is 1.40. The molecular weight excluding hydrogens is 252 g/mol. The van der Waals surface area contributed by atoms with Crippen molar-refractivity contribution in [1.29, 1.82) is 5.26 Å². The van der Waals surface area contributed by atoms with Gasteiger partial charge in [0.2, 0.25) is 0 Å². The van der Waals surface area contributed by atoms with Crippen molar-refractivity contribution in [2.75, 3.05) is 7.11 Å². The summed E-state index contributed by atoms with van der Waals surface area (Å²) in [6.45, 7) is 1.12. The maximum atomic E-state index is 11.2. The number of Topliss-reactive ketones (excluding diaryl/α,β-unsaturated/α-hetero) is 1. The Kier molecular flexibility index (Phi) is 4.21. The van der Waals surface area contributed by atoms with Crippen molar-refractivity contribution in [3.05, 3.63) is 28.2 Å². The number of ketones is 1. The second-order valence-electron chi connectivity index (χ2n) is 3.53. The minimum Gasteiger partial charge on any atom is -0.506 e. The number of allylic oxidation sites excluding steroid dienone is 1. The Morgan fingerprint density at radius 3 is 2.53 bits per heavy atom. The van der Waals surface area contributed by atoms with Gasteiger partial charge in [0, 0.05) is 12.5 Å². The number of hydrogen-bond acceptors (Lipinski definition) is 7. The number of nitrogens with zero attached hydrogens (tertiary/aromatic N) is 2. The van der Waals surface area contributed by atoms with Crippen molar-refractivity contribution in [3.8, 4) is 17.6 Å². The van der Waals surface area contributed by atoms with E-state index >= 15 is 0 Å². The lowest BCUT2D eigenvalue weighted by Crippen LogP contribution is -1.99. The molecule has 7 nitrogen and oxygen atoms in total. The van der Waals surface area contributed by atoms with E-state index in [1.165, 1.54) is 13.2 Å². The molecule has 1 aromatic rings. The summed E-state index contributed by atoms with van der Waals surface area (Å²) in [5, 5.41) is 30.7. The van der Waals surface area contributed by atoms with E-state index in [0.29, 0.717) is 0 Å². The van der Waals surface area contributed by atoms with Gasteiger partial charge in [0.1, 0.15) is 17.4 Å². The fraction of sp³-hybridized carbons (Fsp3) is 0.167. The Morgan fingerprint density at radius 1 is 1.47 bits per heavy atom. The molecule has 0 aliphatic heterocycles. The number of carbonyl (C=O) groups excluding carboxylic acids is 1. The van der Waals surface area contributed by atoms with Crippen molar-refractivity contribution < 1.29 is 19.7 Å². The lowest BCUT2D eigenvalue weighted by molar-refractivity contribution is -0.113. The number of benzene rings is 1. The number of nitriles is 1. The van der Waals surface area contributed by atoms with Gasteiger partial charge in [-0.05, 0) is 17.3 Å². The van der Waals surface area contributed by atoms with Crippen LogP contribution in [0.5, 0.6) is 11.5 Å². The zero-order chi connectivity index (χ0) is 14.6. The number of aliphatic hydroxyl groups excluding tert-OH is 1. The summed E-state index contributed by atoms with van der Waals surface area (Å²) in [5.41, 5.74) is -0.873.